The van der Waals surface area contributed by atoms with Crippen molar-refractivity contribution in [1.29, 1.82) is 0 Å². The van der Waals surface area contributed by atoms with Gasteiger partial charge in [0.1, 0.15) is 0 Å². The van der Waals surface area contributed by atoms with Crippen LogP contribution in [0.15, 0.2) is 243 Å². The fourth-order valence-corrected chi connectivity index (χ4v) is 8.93. The molecule has 0 atom stereocenters. The summed E-state index contributed by atoms with van der Waals surface area (Å²) >= 11 is 0. The first-order valence-electron chi connectivity index (χ1n) is 21.0. The van der Waals surface area contributed by atoms with Crippen LogP contribution in [0.4, 0.5) is 34.1 Å². The molecule has 1 aliphatic heterocycles. The smallest absolute Gasteiger partial charge is 0.0497 e. The van der Waals surface area contributed by atoms with Gasteiger partial charge in [-0.2, -0.15) is 0 Å². The van der Waals surface area contributed by atoms with Crippen molar-refractivity contribution >= 4 is 44.9 Å². The number of anilines is 6. The molecule has 0 radical (unpaired) electrons. The minimum atomic E-state index is 0.854. The van der Waals surface area contributed by atoms with Gasteiger partial charge in [0.15, 0.2) is 0 Å². The third kappa shape index (κ3) is 7.05. The van der Waals surface area contributed by atoms with E-state index in [2.05, 4.69) is 252 Å². The molecule has 11 rings (SSSR count). The highest BCUT2D eigenvalue weighted by molar-refractivity contribution is 5.92. The van der Waals surface area contributed by atoms with Gasteiger partial charge in [-0.1, -0.05) is 170 Å². The van der Waals surface area contributed by atoms with Crippen molar-refractivity contribution in [1.82, 2.24) is 0 Å². The first kappa shape index (κ1) is 36.2. The second kappa shape index (κ2) is 15.7. The number of rotatable bonds is 8. The topological polar surface area (TPSA) is 6.48 Å². The van der Waals surface area contributed by atoms with E-state index in [-0.39, 0.29) is 0 Å². The van der Waals surface area contributed by atoms with E-state index in [0.717, 1.165) is 23.5 Å². The molecule has 0 N–H and O–H groups in total. The Hall–Kier alpha value is -7.94. The van der Waals surface area contributed by atoms with Gasteiger partial charge < -0.3 is 9.80 Å². The van der Waals surface area contributed by atoms with Gasteiger partial charge in [-0.3, -0.25) is 0 Å². The molecule has 0 fully saturated rings. The van der Waals surface area contributed by atoms with Crippen LogP contribution in [0.1, 0.15) is 11.1 Å². The van der Waals surface area contributed by atoms with Crippen molar-refractivity contribution in [3.05, 3.63) is 254 Å². The van der Waals surface area contributed by atoms with Crippen molar-refractivity contribution in [3.8, 4) is 44.5 Å². The van der Waals surface area contributed by atoms with E-state index >= 15 is 0 Å². The lowest BCUT2D eigenvalue weighted by Crippen LogP contribution is -2.18. The Bertz CT molecular complexity index is 3040. The Morgan fingerprint density at radius 2 is 0.639 bits per heavy atom. The van der Waals surface area contributed by atoms with Gasteiger partial charge in [-0.15, -0.1) is 0 Å². The third-order valence-corrected chi connectivity index (χ3v) is 12.0. The summed E-state index contributed by atoms with van der Waals surface area (Å²) in [4.78, 5) is 4.80. The number of hydrogen-bond acceptors (Lipinski definition) is 2. The van der Waals surface area contributed by atoms with Gasteiger partial charge in [-0.05, 0) is 139 Å². The molecule has 0 spiro atoms. The lowest BCUT2D eigenvalue weighted by Gasteiger charge is -2.34. The van der Waals surface area contributed by atoms with Gasteiger partial charge in [0, 0.05) is 40.5 Å². The summed E-state index contributed by atoms with van der Waals surface area (Å²) in [5, 5.41) is 2.48. The zero-order valence-corrected chi connectivity index (χ0v) is 33.7. The molecule has 0 bridgehead atoms. The molecular weight excluding hydrogens is 737 g/mol. The van der Waals surface area contributed by atoms with Crippen LogP contribution >= 0.6 is 0 Å². The van der Waals surface area contributed by atoms with Crippen LogP contribution in [-0.2, 0) is 6.42 Å². The lowest BCUT2D eigenvalue weighted by molar-refractivity contribution is 1.09. The molecule has 0 aliphatic carbocycles. The highest BCUT2D eigenvalue weighted by atomic mass is 15.2. The molecule has 0 saturated carbocycles. The Morgan fingerprint density at radius 1 is 0.279 bits per heavy atom. The maximum absolute atomic E-state index is 2.45. The van der Waals surface area contributed by atoms with Crippen LogP contribution in [0.25, 0.3) is 55.3 Å². The van der Waals surface area contributed by atoms with E-state index in [9.17, 15) is 0 Å². The first-order valence-corrected chi connectivity index (χ1v) is 21.0. The van der Waals surface area contributed by atoms with E-state index in [4.69, 9.17) is 0 Å². The van der Waals surface area contributed by atoms with Crippen molar-refractivity contribution in [2.24, 2.45) is 0 Å². The van der Waals surface area contributed by atoms with E-state index in [1.165, 1.54) is 83.5 Å². The van der Waals surface area contributed by atoms with Crippen molar-refractivity contribution in [3.63, 3.8) is 0 Å². The molecule has 61 heavy (non-hydrogen) atoms. The van der Waals surface area contributed by atoms with Gasteiger partial charge in [0.05, 0.1) is 0 Å². The Balaban J connectivity index is 0.962. The minimum Gasteiger partial charge on any atom is -0.311 e. The largest absolute Gasteiger partial charge is 0.311 e. The average Bonchev–Trinajstić information content (AvgIpc) is 3.34. The SMILES string of the molecule is c1ccc(-c2ccc(N(c3ccc(-c4ccccc4)cc3)c3ccc(-c4ccc5c(c4)Cc4cc(-c6ccccc6)ccc4N5c4ccc5ccccc5c4)cc3)cc2)cc1. The molecule has 0 saturated heterocycles. The van der Waals surface area contributed by atoms with Crippen molar-refractivity contribution in [2.75, 3.05) is 9.80 Å². The van der Waals surface area contributed by atoms with E-state index in [1.807, 2.05) is 0 Å². The molecule has 10 aromatic carbocycles. The van der Waals surface area contributed by atoms with Crippen LogP contribution in [0.5, 0.6) is 0 Å². The average molecular weight is 779 g/mol. The molecule has 1 heterocycles. The summed E-state index contributed by atoms with van der Waals surface area (Å²) in [5.41, 5.74) is 19.2. The highest BCUT2D eigenvalue weighted by Crippen LogP contribution is 2.47. The molecule has 10 aromatic rings. The Kier molecular flexibility index (Phi) is 9.29. The second-order valence-corrected chi connectivity index (χ2v) is 15.8. The van der Waals surface area contributed by atoms with Crippen molar-refractivity contribution < 1.29 is 0 Å². The number of nitrogens with zero attached hydrogens (tertiary/aromatic N) is 2. The summed E-state index contributed by atoms with van der Waals surface area (Å²) in [5.74, 6) is 0. The standard InChI is InChI=1S/C59H42N2/c1-4-12-42(13-5-1)46-20-29-54(30-21-46)60(55-31-22-47(23-32-55)43-14-6-2-7-15-43)56-33-24-48(25-34-56)51-28-37-59-53(39-51)40-52-38-50(44-16-8-3-9-17-44)27-36-58(52)61(59)57-35-26-45-18-10-11-19-49(45)41-57/h1-39,41H,40H2. The van der Waals surface area contributed by atoms with Crippen LogP contribution in [-0.4, -0.2) is 0 Å². The fourth-order valence-electron chi connectivity index (χ4n) is 8.93. The van der Waals surface area contributed by atoms with Crippen LogP contribution in [0.3, 0.4) is 0 Å². The van der Waals surface area contributed by atoms with Gasteiger partial charge in [0.2, 0.25) is 0 Å². The molecule has 0 aromatic heterocycles. The lowest BCUT2D eigenvalue weighted by atomic mass is 9.90. The number of fused-ring (bicyclic) bond motifs is 3. The Labute approximate surface area is 357 Å². The van der Waals surface area contributed by atoms with Crippen molar-refractivity contribution in [2.45, 2.75) is 6.42 Å². The second-order valence-electron chi connectivity index (χ2n) is 15.8. The summed E-state index contributed by atoms with van der Waals surface area (Å²) in [7, 11) is 0. The van der Waals surface area contributed by atoms with Gasteiger partial charge >= 0.3 is 0 Å². The normalized spacial score (nSPS) is 11.8. The highest BCUT2D eigenvalue weighted by Gasteiger charge is 2.25. The monoisotopic (exact) mass is 778 g/mol. The van der Waals surface area contributed by atoms with Gasteiger partial charge in [-0.25, -0.2) is 0 Å². The number of benzene rings is 10. The summed E-state index contributed by atoms with van der Waals surface area (Å²) in [6.45, 7) is 0. The molecule has 1 aliphatic rings. The third-order valence-electron chi connectivity index (χ3n) is 12.0. The zero-order chi connectivity index (χ0) is 40.5. The Morgan fingerprint density at radius 3 is 1.10 bits per heavy atom. The summed E-state index contributed by atoms with van der Waals surface area (Å²) in [6, 6.07) is 88.1. The van der Waals surface area contributed by atoms with Gasteiger partial charge in [0.25, 0.3) is 0 Å². The molecule has 2 nitrogen and oxygen atoms in total. The zero-order valence-electron chi connectivity index (χ0n) is 33.7. The van der Waals surface area contributed by atoms with E-state index in [0.29, 0.717) is 0 Å². The maximum Gasteiger partial charge on any atom is 0.0497 e. The number of hydrogen-bond donors (Lipinski definition) is 0. The molecule has 2 heteroatoms. The first-order chi connectivity index (χ1) is 30.2. The van der Waals surface area contributed by atoms with Crippen LogP contribution < -0.4 is 9.80 Å². The van der Waals surface area contributed by atoms with Crippen LogP contribution in [0, 0.1) is 0 Å². The minimum absolute atomic E-state index is 0.854. The quantitative estimate of drug-likeness (QED) is 0.152. The molecule has 288 valence electrons. The molecule has 0 unspecified atom stereocenters. The summed E-state index contributed by atoms with van der Waals surface area (Å²) in [6.07, 6.45) is 0.854. The maximum atomic E-state index is 2.45. The molecule has 0 amide bonds. The predicted octanol–water partition coefficient (Wildman–Crippen LogP) is 16.4. The predicted molar refractivity (Wildman–Crippen MR) is 258 cm³/mol. The van der Waals surface area contributed by atoms with E-state index < -0.39 is 0 Å². The fraction of sp³-hybridized carbons (Fsp3) is 0.0169. The molecular formula is C59H42N2. The van der Waals surface area contributed by atoms with E-state index in [1.54, 1.807) is 0 Å². The van der Waals surface area contributed by atoms with Crippen LogP contribution in [0.2, 0.25) is 0 Å². The summed E-state index contributed by atoms with van der Waals surface area (Å²) < 4.78 is 0.